The Morgan fingerprint density at radius 2 is 2.19 bits per heavy atom. The predicted octanol–water partition coefficient (Wildman–Crippen LogP) is 1.88. The van der Waals surface area contributed by atoms with E-state index in [4.69, 9.17) is 5.73 Å². The molecule has 1 aromatic carbocycles. The molecule has 0 spiro atoms. The first-order valence-corrected chi connectivity index (χ1v) is 5.03. The van der Waals surface area contributed by atoms with Crippen LogP contribution in [0.25, 0.3) is 0 Å². The van der Waals surface area contributed by atoms with Crippen molar-refractivity contribution < 1.29 is 9.31 Å². The summed E-state index contributed by atoms with van der Waals surface area (Å²) in [6.45, 7) is 1.18. The summed E-state index contributed by atoms with van der Waals surface area (Å²) < 4.78 is 12.8. The molecular formula is C10H14FN3O2. The highest BCUT2D eigenvalue weighted by Gasteiger charge is 2.13. The summed E-state index contributed by atoms with van der Waals surface area (Å²) in [7, 11) is 0. The lowest BCUT2D eigenvalue weighted by Gasteiger charge is -2.06. The van der Waals surface area contributed by atoms with Gasteiger partial charge in [-0.1, -0.05) is 0 Å². The number of halogens is 1. The molecule has 5 nitrogen and oxygen atoms in total. The van der Waals surface area contributed by atoms with E-state index in [1.54, 1.807) is 0 Å². The summed E-state index contributed by atoms with van der Waals surface area (Å²) in [5.41, 5.74) is 5.41. The van der Waals surface area contributed by atoms with E-state index in [1.165, 1.54) is 12.1 Å². The van der Waals surface area contributed by atoms with Crippen LogP contribution in [0.15, 0.2) is 18.2 Å². The van der Waals surface area contributed by atoms with E-state index in [-0.39, 0.29) is 5.69 Å². The van der Waals surface area contributed by atoms with Gasteiger partial charge >= 0.3 is 0 Å². The van der Waals surface area contributed by atoms with Gasteiger partial charge in [0.15, 0.2) is 0 Å². The van der Waals surface area contributed by atoms with Gasteiger partial charge in [-0.05, 0) is 31.5 Å². The van der Waals surface area contributed by atoms with Crippen LogP contribution in [-0.4, -0.2) is 18.0 Å². The van der Waals surface area contributed by atoms with Gasteiger partial charge in [0.2, 0.25) is 0 Å². The van der Waals surface area contributed by atoms with Crippen LogP contribution >= 0.6 is 0 Å². The number of anilines is 1. The Kier molecular flexibility index (Phi) is 4.65. The van der Waals surface area contributed by atoms with Crippen molar-refractivity contribution in [1.82, 2.24) is 0 Å². The molecule has 3 N–H and O–H groups in total. The van der Waals surface area contributed by atoms with Crippen LogP contribution in [-0.2, 0) is 0 Å². The fourth-order valence-corrected chi connectivity index (χ4v) is 1.30. The molecular weight excluding hydrogens is 213 g/mol. The second-order valence-electron chi connectivity index (χ2n) is 3.34. The molecule has 0 heterocycles. The molecule has 16 heavy (non-hydrogen) atoms. The monoisotopic (exact) mass is 227 g/mol. The zero-order valence-electron chi connectivity index (χ0n) is 8.78. The number of nitrogens with one attached hydrogen (secondary N) is 1. The maximum Gasteiger partial charge on any atom is 0.295 e. The van der Waals surface area contributed by atoms with Crippen LogP contribution in [0.3, 0.4) is 0 Å². The molecule has 0 aliphatic rings. The molecule has 1 rings (SSSR count). The lowest BCUT2D eigenvalue weighted by molar-refractivity contribution is -0.384. The number of nitro benzene ring substituents is 1. The van der Waals surface area contributed by atoms with E-state index in [0.29, 0.717) is 18.8 Å². The average molecular weight is 227 g/mol. The molecule has 0 fully saturated rings. The molecule has 0 saturated heterocycles. The van der Waals surface area contributed by atoms with Gasteiger partial charge in [0.25, 0.3) is 5.69 Å². The third-order valence-corrected chi connectivity index (χ3v) is 2.10. The highest BCUT2D eigenvalue weighted by molar-refractivity contribution is 5.61. The number of nitrogens with two attached hydrogens (primary N) is 1. The Hall–Kier alpha value is -1.69. The highest BCUT2D eigenvalue weighted by atomic mass is 19.1. The van der Waals surface area contributed by atoms with Crippen molar-refractivity contribution in [2.75, 3.05) is 18.4 Å². The van der Waals surface area contributed by atoms with E-state index in [0.717, 1.165) is 18.9 Å². The van der Waals surface area contributed by atoms with Gasteiger partial charge in [-0.2, -0.15) is 0 Å². The number of unbranched alkanes of at least 4 members (excludes halogenated alkanes) is 1. The number of nitro groups is 1. The van der Waals surface area contributed by atoms with Gasteiger partial charge in [-0.3, -0.25) is 10.1 Å². The maximum atomic E-state index is 12.8. The molecule has 0 amide bonds. The predicted molar refractivity (Wildman–Crippen MR) is 59.8 cm³/mol. The lowest BCUT2D eigenvalue weighted by Crippen LogP contribution is -2.07. The Balaban J connectivity index is 2.67. The van der Waals surface area contributed by atoms with Crippen molar-refractivity contribution in [3.63, 3.8) is 0 Å². The molecule has 0 bridgehead atoms. The summed E-state index contributed by atoms with van der Waals surface area (Å²) in [5.74, 6) is -0.612. The van der Waals surface area contributed by atoms with E-state index < -0.39 is 10.7 Å². The summed E-state index contributed by atoms with van der Waals surface area (Å²) in [4.78, 5) is 10.0. The number of hydrogen-bond acceptors (Lipinski definition) is 4. The second-order valence-corrected chi connectivity index (χ2v) is 3.34. The lowest BCUT2D eigenvalue weighted by atomic mass is 10.2. The smallest absolute Gasteiger partial charge is 0.295 e. The minimum atomic E-state index is -0.612. The number of rotatable bonds is 6. The highest BCUT2D eigenvalue weighted by Crippen LogP contribution is 2.24. The summed E-state index contributed by atoms with van der Waals surface area (Å²) >= 11 is 0. The standard InChI is InChI=1S/C10H14FN3O2/c11-8-3-4-9(10(7-8)14(15)16)13-6-2-1-5-12/h3-4,7,13H,1-2,5-6,12H2. The Morgan fingerprint density at radius 1 is 1.44 bits per heavy atom. The molecule has 0 aliphatic heterocycles. The minimum absolute atomic E-state index is 0.243. The van der Waals surface area contributed by atoms with E-state index in [2.05, 4.69) is 5.32 Å². The number of nitrogens with zero attached hydrogens (tertiary/aromatic N) is 1. The molecule has 0 saturated carbocycles. The Bertz CT molecular complexity index is 371. The molecule has 0 aromatic heterocycles. The van der Waals surface area contributed by atoms with Crippen molar-refractivity contribution in [3.05, 3.63) is 34.1 Å². The largest absolute Gasteiger partial charge is 0.379 e. The fourth-order valence-electron chi connectivity index (χ4n) is 1.30. The number of benzene rings is 1. The van der Waals surface area contributed by atoms with Crippen molar-refractivity contribution in [2.24, 2.45) is 5.73 Å². The Morgan fingerprint density at radius 3 is 2.81 bits per heavy atom. The molecule has 1 aromatic rings. The summed E-state index contributed by atoms with van der Waals surface area (Å²) in [6, 6.07) is 3.47. The molecule has 0 radical (unpaired) electrons. The quantitative estimate of drug-likeness (QED) is 0.441. The third kappa shape index (κ3) is 3.47. The third-order valence-electron chi connectivity index (χ3n) is 2.10. The van der Waals surface area contributed by atoms with Crippen LogP contribution in [0.4, 0.5) is 15.8 Å². The zero-order chi connectivity index (χ0) is 12.0. The van der Waals surface area contributed by atoms with Crippen LogP contribution in [0, 0.1) is 15.9 Å². The van der Waals surface area contributed by atoms with Crippen LogP contribution < -0.4 is 11.1 Å². The van der Waals surface area contributed by atoms with Gasteiger partial charge in [0, 0.05) is 6.54 Å². The topological polar surface area (TPSA) is 81.2 Å². The van der Waals surface area contributed by atoms with E-state index in [9.17, 15) is 14.5 Å². The first kappa shape index (κ1) is 12.4. The van der Waals surface area contributed by atoms with Gasteiger partial charge in [-0.25, -0.2) is 4.39 Å². The molecule has 88 valence electrons. The van der Waals surface area contributed by atoms with Crippen molar-refractivity contribution in [2.45, 2.75) is 12.8 Å². The minimum Gasteiger partial charge on any atom is -0.379 e. The molecule has 0 atom stereocenters. The van der Waals surface area contributed by atoms with Crippen LogP contribution in [0.5, 0.6) is 0 Å². The average Bonchev–Trinajstić information content (AvgIpc) is 2.26. The Labute approximate surface area is 92.6 Å². The summed E-state index contributed by atoms with van der Waals surface area (Å²) in [5, 5.41) is 13.5. The van der Waals surface area contributed by atoms with Crippen molar-refractivity contribution in [1.29, 1.82) is 0 Å². The first-order valence-electron chi connectivity index (χ1n) is 5.03. The van der Waals surface area contributed by atoms with E-state index >= 15 is 0 Å². The zero-order valence-corrected chi connectivity index (χ0v) is 8.78. The molecule has 6 heteroatoms. The van der Waals surface area contributed by atoms with Crippen LogP contribution in [0.1, 0.15) is 12.8 Å². The van der Waals surface area contributed by atoms with Crippen molar-refractivity contribution >= 4 is 11.4 Å². The molecule has 0 unspecified atom stereocenters. The summed E-state index contributed by atoms with van der Waals surface area (Å²) in [6.07, 6.45) is 1.67. The fraction of sp³-hybridized carbons (Fsp3) is 0.400. The van der Waals surface area contributed by atoms with Gasteiger partial charge in [0.1, 0.15) is 11.5 Å². The second kappa shape index (κ2) is 6.02. The van der Waals surface area contributed by atoms with Gasteiger partial charge in [-0.15, -0.1) is 0 Å². The van der Waals surface area contributed by atoms with Crippen LogP contribution in [0.2, 0.25) is 0 Å². The maximum absolute atomic E-state index is 12.8. The SMILES string of the molecule is NCCCCNc1ccc(F)cc1[N+](=O)[O-]. The van der Waals surface area contributed by atoms with Gasteiger partial charge < -0.3 is 11.1 Å². The first-order chi connectivity index (χ1) is 7.65. The van der Waals surface area contributed by atoms with Gasteiger partial charge in [0.05, 0.1) is 11.0 Å². The number of hydrogen-bond donors (Lipinski definition) is 2. The normalized spacial score (nSPS) is 10.1. The van der Waals surface area contributed by atoms with Crippen molar-refractivity contribution in [3.8, 4) is 0 Å². The molecule has 0 aliphatic carbocycles. The van der Waals surface area contributed by atoms with E-state index in [1.807, 2.05) is 0 Å².